The molecule has 0 spiro atoms. The van der Waals surface area contributed by atoms with Crippen LogP contribution in [0.15, 0.2) is 48.8 Å². The van der Waals surface area contributed by atoms with E-state index in [4.69, 9.17) is 0 Å². The molecule has 0 aliphatic heterocycles. The zero-order valence-corrected chi connectivity index (χ0v) is 12.6. The molecule has 0 amide bonds. The lowest BCUT2D eigenvalue weighted by atomic mass is 9.99. The molecular weight excluding hydrogens is 343 g/mol. The predicted molar refractivity (Wildman–Crippen MR) is 80.8 cm³/mol. The van der Waals surface area contributed by atoms with Gasteiger partial charge in [0, 0.05) is 18.0 Å². The Morgan fingerprint density at radius 3 is 2.48 bits per heavy atom. The summed E-state index contributed by atoms with van der Waals surface area (Å²) in [5.41, 5.74) is 0.939. The maximum absolute atomic E-state index is 13.0. The lowest BCUT2D eigenvalue weighted by Crippen LogP contribution is -2.04. The summed E-state index contributed by atoms with van der Waals surface area (Å²) in [7, 11) is 0. The van der Waals surface area contributed by atoms with Crippen molar-refractivity contribution >= 4 is 11.0 Å². The highest BCUT2D eigenvalue weighted by molar-refractivity contribution is 5.92. The second-order valence-electron chi connectivity index (χ2n) is 5.22. The van der Waals surface area contributed by atoms with Gasteiger partial charge < -0.3 is 4.74 Å². The first-order valence-corrected chi connectivity index (χ1v) is 7.15. The SMILES string of the molecule is FC(F)OCc1cc(-c2cccc(C(F)(F)F)c2)c2nccnc2c1. The molecule has 0 unspecified atom stereocenters. The molecule has 8 heteroatoms. The summed E-state index contributed by atoms with van der Waals surface area (Å²) in [5.74, 6) is 0. The molecule has 1 heterocycles. The molecule has 0 N–H and O–H groups in total. The van der Waals surface area contributed by atoms with E-state index in [0.717, 1.165) is 12.1 Å². The zero-order chi connectivity index (χ0) is 18.0. The van der Waals surface area contributed by atoms with Gasteiger partial charge in [-0.2, -0.15) is 22.0 Å². The summed E-state index contributed by atoms with van der Waals surface area (Å²) in [4.78, 5) is 8.25. The van der Waals surface area contributed by atoms with Gasteiger partial charge in [-0.1, -0.05) is 12.1 Å². The highest BCUT2D eigenvalue weighted by atomic mass is 19.4. The Hall–Kier alpha value is -2.61. The van der Waals surface area contributed by atoms with Crippen molar-refractivity contribution in [2.75, 3.05) is 0 Å². The standard InChI is InChI=1S/C17H11F5N2O/c18-16(19)25-9-10-6-13(15-14(7-10)23-4-5-24-15)11-2-1-3-12(8-11)17(20,21)22/h1-8,16H,9H2. The van der Waals surface area contributed by atoms with Gasteiger partial charge in [0.1, 0.15) is 0 Å². The smallest absolute Gasteiger partial charge is 0.318 e. The molecule has 0 aliphatic rings. The first kappa shape index (κ1) is 17.2. The molecule has 3 rings (SSSR count). The number of benzene rings is 2. The number of aromatic nitrogens is 2. The highest BCUT2D eigenvalue weighted by Gasteiger charge is 2.30. The molecule has 0 atom stereocenters. The van der Waals surface area contributed by atoms with Crippen LogP contribution in [0.1, 0.15) is 11.1 Å². The number of hydrogen-bond donors (Lipinski definition) is 0. The van der Waals surface area contributed by atoms with Gasteiger partial charge in [0.25, 0.3) is 0 Å². The van der Waals surface area contributed by atoms with Crippen LogP contribution in [-0.4, -0.2) is 16.6 Å². The van der Waals surface area contributed by atoms with Crippen molar-refractivity contribution in [1.82, 2.24) is 9.97 Å². The molecule has 0 bridgehead atoms. The van der Waals surface area contributed by atoms with Crippen molar-refractivity contribution < 1.29 is 26.7 Å². The Kier molecular flexibility index (Phi) is 4.63. The average molecular weight is 354 g/mol. The van der Waals surface area contributed by atoms with Gasteiger partial charge in [0.15, 0.2) is 0 Å². The van der Waals surface area contributed by atoms with Gasteiger partial charge in [0.05, 0.1) is 23.2 Å². The van der Waals surface area contributed by atoms with Crippen LogP contribution in [0.25, 0.3) is 22.2 Å². The third-order valence-corrected chi connectivity index (χ3v) is 3.51. The third-order valence-electron chi connectivity index (χ3n) is 3.51. The van der Waals surface area contributed by atoms with Crippen molar-refractivity contribution in [3.05, 3.63) is 59.9 Å². The molecule has 3 aromatic rings. The van der Waals surface area contributed by atoms with Crippen LogP contribution >= 0.6 is 0 Å². The normalized spacial score (nSPS) is 12.1. The average Bonchev–Trinajstić information content (AvgIpc) is 2.58. The maximum Gasteiger partial charge on any atom is 0.416 e. The van der Waals surface area contributed by atoms with Gasteiger partial charge in [-0.15, -0.1) is 0 Å². The Morgan fingerprint density at radius 2 is 1.76 bits per heavy atom. The van der Waals surface area contributed by atoms with E-state index in [9.17, 15) is 22.0 Å². The fraction of sp³-hybridized carbons (Fsp3) is 0.176. The van der Waals surface area contributed by atoms with Crippen molar-refractivity contribution in [1.29, 1.82) is 0 Å². The summed E-state index contributed by atoms with van der Waals surface area (Å²) < 4.78 is 67.7. The number of rotatable bonds is 4. The quantitative estimate of drug-likeness (QED) is 0.615. The molecule has 1 aromatic heterocycles. The molecule has 0 saturated heterocycles. The zero-order valence-electron chi connectivity index (χ0n) is 12.6. The van der Waals surface area contributed by atoms with Gasteiger partial charge in [0.2, 0.25) is 0 Å². The van der Waals surface area contributed by atoms with Crippen LogP contribution in [0.2, 0.25) is 0 Å². The minimum Gasteiger partial charge on any atom is -0.318 e. The predicted octanol–water partition coefficient (Wildman–Crippen LogP) is 5.05. The molecule has 130 valence electrons. The maximum atomic E-state index is 13.0. The monoisotopic (exact) mass is 354 g/mol. The van der Waals surface area contributed by atoms with E-state index in [0.29, 0.717) is 22.2 Å². The number of fused-ring (bicyclic) bond motifs is 1. The second-order valence-corrected chi connectivity index (χ2v) is 5.22. The fourth-order valence-electron chi connectivity index (χ4n) is 2.46. The molecule has 2 aromatic carbocycles. The minimum atomic E-state index is -4.49. The number of hydrogen-bond acceptors (Lipinski definition) is 3. The van der Waals surface area contributed by atoms with Gasteiger partial charge in [-0.25, -0.2) is 0 Å². The van der Waals surface area contributed by atoms with Crippen LogP contribution in [0.5, 0.6) is 0 Å². The number of nitrogens with zero attached hydrogens (tertiary/aromatic N) is 2. The Balaban J connectivity index is 2.14. The molecule has 0 saturated carbocycles. The third kappa shape index (κ3) is 3.90. The fourth-order valence-corrected chi connectivity index (χ4v) is 2.46. The molecule has 25 heavy (non-hydrogen) atoms. The molecule has 3 nitrogen and oxygen atoms in total. The molecular formula is C17H11F5N2O. The van der Waals surface area contributed by atoms with E-state index in [1.165, 1.54) is 36.7 Å². The van der Waals surface area contributed by atoms with Crippen LogP contribution in [-0.2, 0) is 17.5 Å². The number of alkyl halides is 5. The van der Waals surface area contributed by atoms with Crippen LogP contribution in [0, 0.1) is 0 Å². The minimum absolute atomic E-state index is 0.263. The van der Waals surface area contributed by atoms with E-state index in [-0.39, 0.29) is 5.56 Å². The topological polar surface area (TPSA) is 35.0 Å². The van der Waals surface area contributed by atoms with E-state index >= 15 is 0 Å². The first-order valence-electron chi connectivity index (χ1n) is 7.15. The largest absolute Gasteiger partial charge is 0.416 e. The molecule has 0 radical (unpaired) electrons. The lowest BCUT2D eigenvalue weighted by molar-refractivity contribution is -0.138. The van der Waals surface area contributed by atoms with E-state index in [2.05, 4.69) is 14.7 Å². The van der Waals surface area contributed by atoms with Gasteiger partial charge >= 0.3 is 12.8 Å². The van der Waals surface area contributed by atoms with Crippen LogP contribution in [0.4, 0.5) is 22.0 Å². The van der Waals surface area contributed by atoms with E-state index in [1.54, 1.807) is 0 Å². The summed E-state index contributed by atoms with van der Waals surface area (Å²) in [6.45, 7) is -3.34. The molecule has 0 fully saturated rings. The lowest BCUT2D eigenvalue weighted by Gasteiger charge is -2.12. The van der Waals surface area contributed by atoms with Crippen LogP contribution in [0.3, 0.4) is 0 Å². The van der Waals surface area contributed by atoms with Crippen LogP contribution < -0.4 is 0 Å². The van der Waals surface area contributed by atoms with Crippen molar-refractivity contribution in [2.45, 2.75) is 19.4 Å². The van der Waals surface area contributed by atoms with E-state index < -0.39 is 25.0 Å². The van der Waals surface area contributed by atoms with Crippen molar-refractivity contribution in [3.63, 3.8) is 0 Å². The number of ether oxygens (including phenoxy) is 1. The second kappa shape index (κ2) is 6.72. The summed E-state index contributed by atoms with van der Waals surface area (Å²) >= 11 is 0. The Bertz CT molecular complexity index is 896. The summed E-state index contributed by atoms with van der Waals surface area (Å²) in [6.07, 6.45) is -1.67. The first-order chi connectivity index (χ1) is 11.8. The number of halogens is 5. The van der Waals surface area contributed by atoms with Crippen molar-refractivity contribution in [2.24, 2.45) is 0 Å². The van der Waals surface area contributed by atoms with Gasteiger partial charge in [-0.3, -0.25) is 9.97 Å². The van der Waals surface area contributed by atoms with Gasteiger partial charge in [-0.05, 0) is 35.4 Å². The summed E-state index contributed by atoms with van der Waals surface area (Å²) in [5, 5.41) is 0. The Labute approximate surface area is 139 Å². The Morgan fingerprint density at radius 1 is 1.00 bits per heavy atom. The van der Waals surface area contributed by atoms with E-state index in [1.807, 2.05) is 0 Å². The summed E-state index contributed by atoms with van der Waals surface area (Å²) in [6, 6.07) is 7.72. The molecule has 0 aliphatic carbocycles. The highest BCUT2D eigenvalue weighted by Crippen LogP contribution is 2.34. The van der Waals surface area contributed by atoms with Crippen molar-refractivity contribution in [3.8, 4) is 11.1 Å².